The molecular weight excluding hydrogens is 1030 g/mol. The molecule has 4 nitrogen and oxygen atoms in total. The first-order valence-corrected chi connectivity index (χ1v) is 41.0. The zero-order valence-electron chi connectivity index (χ0n) is 53.0. The zero-order valence-corrected chi connectivity index (χ0v) is 56.4. The van der Waals surface area contributed by atoms with Crippen molar-refractivity contribution in [1.82, 2.24) is 0 Å². The van der Waals surface area contributed by atoms with E-state index in [2.05, 4.69) is 55.4 Å². The summed E-state index contributed by atoms with van der Waals surface area (Å²) in [6.45, 7) is 19.0. The van der Waals surface area contributed by atoms with Crippen LogP contribution >= 0.6 is 36.1 Å². The lowest BCUT2D eigenvalue weighted by molar-refractivity contribution is 0.0682. The van der Waals surface area contributed by atoms with Gasteiger partial charge in [-0.1, -0.05) is 294 Å². The predicted molar refractivity (Wildman–Crippen MR) is 361 cm³/mol. The van der Waals surface area contributed by atoms with Gasteiger partial charge in [-0.3, -0.25) is 0 Å². The van der Waals surface area contributed by atoms with Gasteiger partial charge in [0.05, 0.1) is 60.4 Å². The van der Waals surface area contributed by atoms with Gasteiger partial charge in [-0.15, -0.1) is 0 Å². The van der Waals surface area contributed by atoms with Gasteiger partial charge in [-0.2, -0.15) is 0 Å². The van der Waals surface area contributed by atoms with Gasteiger partial charge < -0.3 is 10.2 Å². The van der Waals surface area contributed by atoms with Crippen molar-refractivity contribution in [3.8, 4) is 0 Å². The summed E-state index contributed by atoms with van der Waals surface area (Å²) in [6, 6.07) is 13.3. The number of hydrogen-bond acceptors (Lipinski definition) is 4. The fraction of sp³-hybridized carbons (Fsp3) is 0.800. The van der Waals surface area contributed by atoms with Crippen LogP contribution in [-0.2, 0) is 0 Å². The van der Waals surface area contributed by atoms with Crippen LogP contribution in [0.15, 0.2) is 58.3 Å². The number of hydrogen-bond donors (Lipinski definition) is 2. The van der Waals surface area contributed by atoms with Crippen LogP contribution in [0.1, 0.15) is 333 Å². The molecular formula is C70H130O4P2S2+2. The molecule has 2 rings (SSSR count). The van der Waals surface area contributed by atoms with Crippen molar-refractivity contribution in [2.75, 3.05) is 49.3 Å². The average Bonchev–Trinajstić information content (AvgIpc) is 3.46. The van der Waals surface area contributed by atoms with Gasteiger partial charge in [-0.25, -0.2) is 9.59 Å². The topological polar surface area (TPSA) is 74.6 Å². The standard InChI is InChI=1S/2C28H60P.C14H10O4S2/c2*1-5-9-13-14-15-16-17-18-19-20-21-22-23-24-28-29(25-10-6-2,26-11-7-3)27-12-8-4;15-13(16)9-5-1-3-7-11(9)19-20-12-8-4-2-6-10(12)14(17)18/h2*5-28H2,1-4H3;1-8H,(H,15,16)(H,17,18)/q2*+1;. The zero-order chi connectivity index (χ0) is 57.5. The molecule has 454 valence electrons. The molecule has 0 heterocycles. The normalized spacial score (nSPS) is 11.5. The Morgan fingerprint density at radius 1 is 0.282 bits per heavy atom. The Morgan fingerprint density at radius 3 is 0.667 bits per heavy atom. The van der Waals surface area contributed by atoms with E-state index in [9.17, 15) is 9.59 Å². The molecule has 0 aliphatic carbocycles. The summed E-state index contributed by atoms with van der Waals surface area (Å²) in [5.41, 5.74) is 0.413. The molecule has 2 aromatic carbocycles. The van der Waals surface area contributed by atoms with Crippen molar-refractivity contribution in [2.45, 2.75) is 322 Å². The number of benzene rings is 2. The molecule has 2 N–H and O–H groups in total. The Hall–Kier alpha value is -1.06. The Balaban J connectivity index is 0.00000116. The molecule has 0 amide bonds. The quantitative estimate of drug-likeness (QED) is 0.0391. The van der Waals surface area contributed by atoms with E-state index in [-0.39, 0.29) is 11.1 Å². The minimum Gasteiger partial charge on any atom is -0.478 e. The molecule has 0 saturated heterocycles. The number of aromatic carboxylic acids is 2. The molecule has 0 bridgehead atoms. The monoisotopic (exact) mass is 1160 g/mol. The number of carbonyl (C=O) groups is 2. The fourth-order valence-corrected chi connectivity index (χ4v) is 23.9. The van der Waals surface area contributed by atoms with Crippen LogP contribution in [0.2, 0.25) is 0 Å². The molecule has 0 spiro atoms. The predicted octanol–water partition coefficient (Wildman–Crippen LogP) is 25.7. The number of carboxylic acids is 2. The highest BCUT2D eigenvalue weighted by molar-refractivity contribution is 8.76. The maximum absolute atomic E-state index is 11.1. The summed E-state index contributed by atoms with van der Waals surface area (Å²) in [6.07, 6.45) is 71.9. The molecule has 0 atom stereocenters. The summed E-state index contributed by atoms with van der Waals surface area (Å²) in [5.74, 6) is -2.00. The summed E-state index contributed by atoms with van der Waals surface area (Å²) in [7, 11) is 1.20. The van der Waals surface area contributed by atoms with E-state index in [1.165, 1.54) is 278 Å². The van der Waals surface area contributed by atoms with Crippen molar-refractivity contribution in [3.63, 3.8) is 0 Å². The van der Waals surface area contributed by atoms with E-state index in [0.717, 1.165) is 0 Å². The van der Waals surface area contributed by atoms with Crippen molar-refractivity contribution in [2.24, 2.45) is 0 Å². The van der Waals surface area contributed by atoms with Crippen LogP contribution in [0.4, 0.5) is 0 Å². The molecule has 2 aromatic rings. The molecule has 0 fully saturated rings. The van der Waals surface area contributed by atoms with E-state index >= 15 is 0 Å². The Kier molecular flexibility index (Phi) is 55.7. The molecule has 78 heavy (non-hydrogen) atoms. The minimum absolute atomic E-state index is 0.206. The van der Waals surface area contributed by atoms with Crippen LogP contribution in [-0.4, -0.2) is 71.4 Å². The SMILES string of the molecule is CCCCCCCCCCCCCCCC[P+](CCCC)(CCCC)CCCC.CCCCCCCCCCCCCCCC[P+](CCCC)(CCCC)CCCC.O=C(O)c1ccccc1SSc1ccccc1C(=O)O. The largest absolute Gasteiger partial charge is 0.478 e. The second kappa shape index (κ2) is 56.4. The third-order valence-electron chi connectivity index (χ3n) is 16.3. The Labute approximate surface area is 495 Å². The van der Waals surface area contributed by atoms with Crippen LogP contribution in [0, 0.1) is 0 Å². The van der Waals surface area contributed by atoms with Gasteiger partial charge in [0.1, 0.15) is 0 Å². The van der Waals surface area contributed by atoms with Gasteiger partial charge in [0.15, 0.2) is 0 Å². The van der Waals surface area contributed by atoms with Gasteiger partial charge >= 0.3 is 11.9 Å². The van der Waals surface area contributed by atoms with Gasteiger partial charge in [0.25, 0.3) is 0 Å². The van der Waals surface area contributed by atoms with Gasteiger partial charge in [-0.05, 0) is 88.5 Å². The highest BCUT2D eigenvalue weighted by Crippen LogP contribution is 2.62. The summed E-state index contributed by atoms with van der Waals surface area (Å²) in [4.78, 5) is 23.4. The second-order valence-electron chi connectivity index (χ2n) is 23.6. The van der Waals surface area contributed by atoms with Crippen molar-refractivity contribution < 1.29 is 19.8 Å². The maximum Gasteiger partial charge on any atom is 0.336 e. The highest BCUT2D eigenvalue weighted by atomic mass is 33.1. The summed E-state index contributed by atoms with van der Waals surface area (Å²) < 4.78 is 0. The number of unbranched alkanes of at least 4 members (excludes halogenated alkanes) is 32. The van der Waals surface area contributed by atoms with E-state index in [4.69, 9.17) is 10.2 Å². The molecule has 0 unspecified atom stereocenters. The molecule has 8 heteroatoms. The molecule has 0 aliphatic heterocycles. The first kappa shape index (κ1) is 76.9. The minimum atomic E-state index is -1.000. The first-order chi connectivity index (χ1) is 38.1. The first-order valence-electron chi connectivity index (χ1n) is 33.8. The summed E-state index contributed by atoms with van der Waals surface area (Å²) in [5, 5.41) is 18.2. The lowest BCUT2D eigenvalue weighted by Crippen LogP contribution is -2.13. The van der Waals surface area contributed by atoms with Crippen LogP contribution in [0.5, 0.6) is 0 Å². The van der Waals surface area contributed by atoms with Crippen molar-refractivity contribution in [3.05, 3.63) is 59.7 Å². The van der Waals surface area contributed by atoms with Crippen LogP contribution in [0.25, 0.3) is 0 Å². The van der Waals surface area contributed by atoms with E-state index in [1.807, 2.05) is 0 Å². The van der Waals surface area contributed by atoms with E-state index in [1.54, 1.807) is 98.5 Å². The van der Waals surface area contributed by atoms with Crippen LogP contribution in [0.3, 0.4) is 0 Å². The lowest BCUT2D eigenvalue weighted by Gasteiger charge is -2.28. The lowest BCUT2D eigenvalue weighted by atomic mass is 10.0. The average molecular weight is 1160 g/mol. The van der Waals surface area contributed by atoms with Gasteiger partial charge in [0.2, 0.25) is 0 Å². The number of rotatable bonds is 53. The smallest absolute Gasteiger partial charge is 0.336 e. The van der Waals surface area contributed by atoms with Crippen LogP contribution < -0.4 is 0 Å². The van der Waals surface area contributed by atoms with Crippen molar-refractivity contribution in [1.29, 1.82) is 0 Å². The maximum atomic E-state index is 11.1. The number of carboxylic acid groups (broad SMARTS) is 2. The molecule has 0 radical (unpaired) electrons. The Bertz CT molecular complexity index is 1460. The van der Waals surface area contributed by atoms with E-state index in [0.29, 0.717) is 9.79 Å². The fourth-order valence-electron chi connectivity index (χ4n) is 11.1. The van der Waals surface area contributed by atoms with Gasteiger partial charge in [0, 0.05) is 24.3 Å². The highest BCUT2D eigenvalue weighted by Gasteiger charge is 2.35. The third-order valence-corrected chi connectivity index (χ3v) is 28.9. The Morgan fingerprint density at radius 2 is 0.462 bits per heavy atom. The third kappa shape index (κ3) is 42.7. The molecule has 0 aliphatic rings. The molecule has 0 aromatic heterocycles. The second-order valence-corrected chi connectivity index (χ2v) is 34.7. The summed E-state index contributed by atoms with van der Waals surface area (Å²) >= 11 is 0. The van der Waals surface area contributed by atoms with E-state index < -0.39 is 26.5 Å². The molecule has 0 saturated carbocycles. The van der Waals surface area contributed by atoms with Crippen molar-refractivity contribution >= 4 is 48.1 Å².